The van der Waals surface area contributed by atoms with Crippen molar-refractivity contribution >= 4 is 45.0 Å². The molecular weight excluding hydrogens is 646 g/mol. The summed E-state index contributed by atoms with van der Waals surface area (Å²) >= 11 is 3.50. The van der Waals surface area contributed by atoms with Crippen molar-refractivity contribution in [2.24, 2.45) is 5.92 Å². The van der Waals surface area contributed by atoms with Gasteiger partial charge in [-0.15, -0.1) is 0 Å². The highest BCUT2D eigenvalue weighted by atomic mass is 79.9. The first-order valence-corrected chi connectivity index (χ1v) is 16.8. The number of hydrogen-bond donors (Lipinski definition) is 2. The number of rotatable bonds is 11. The summed E-state index contributed by atoms with van der Waals surface area (Å²) in [5.74, 6) is -1.07. The minimum Gasteiger partial charge on any atom is -0.395 e. The maximum Gasteiger partial charge on any atom is 0.264 e. The second kappa shape index (κ2) is 15.2. The van der Waals surface area contributed by atoms with Gasteiger partial charge in [0.05, 0.1) is 18.8 Å². The van der Waals surface area contributed by atoms with Gasteiger partial charge in [0, 0.05) is 54.1 Å². The predicted molar refractivity (Wildman–Crippen MR) is 183 cm³/mol. The van der Waals surface area contributed by atoms with Crippen LogP contribution in [0.4, 0.5) is 11.4 Å². The Bertz CT molecular complexity index is 1560. The lowest BCUT2D eigenvalue weighted by atomic mass is 9.83. The molecule has 0 spiro atoms. The Hall–Kier alpha value is -3.79. The van der Waals surface area contributed by atoms with Crippen molar-refractivity contribution in [2.75, 3.05) is 29.5 Å². The van der Waals surface area contributed by atoms with Gasteiger partial charge in [-0.2, -0.15) is 0 Å². The van der Waals surface area contributed by atoms with Crippen molar-refractivity contribution in [3.05, 3.63) is 106 Å². The van der Waals surface area contributed by atoms with E-state index in [0.717, 1.165) is 47.0 Å². The van der Waals surface area contributed by atoms with Crippen LogP contribution in [0.1, 0.15) is 62.1 Å². The van der Waals surface area contributed by atoms with Crippen molar-refractivity contribution in [1.82, 2.24) is 4.90 Å². The lowest BCUT2D eigenvalue weighted by Crippen LogP contribution is -2.44. The molecular formula is C37H42BrN3O5. The van der Waals surface area contributed by atoms with Crippen molar-refractivity contribution < 1.29 is 24.6 Å². The van der Waals surface area contributed by atoms with E-state index in [2.05, 4.69) is 15.9 Å². The molecule has 0 unspecified atom stereocenters. The van der Waals surface area contributed by atoms with Gasteiger partial charge in [-0.25, -0.2) is 0 Å². The molecule has 242 valence electrons. The number of carbonyl (C=O) groups excluding carboxylic acids is 3. The van der Waals surface area contributed by atoms with Gasteiger partial charge in [-0.1, -0.05) is 90.3 Å². The summed E-state index contributed by atoms with van der Waals surface area (Å²) in [6.45, 7) is 3.20. The highest BCUT2D eigenvalue weighted by Crippen LogP contribution is 2.46. The van der Waals surface area contributed by atoms with E-state index >= 15 is 0 Å². The van der Waals surface area contributed by atoms with Crippen LogP contribution in [0.2, 0.25) is 0 Å². The minimum absolute atomic E-state index is 0.0718. The van der Waals surface area contributed by atoms with Gasteiger partial charge in [0.1, 0.15) is 0 Å². The Morgan fingerprint density at radius 2 is 1.74 bits per heavy atom. The van der Waals surface area contributed by atoms with Crippen LogP contribution in [0.15, 0.2) is 89.4 Å². The van der Waals surface area contributed by atoms with Gasteiger partial charge in [-0.05, 0) is 54.3 Å². The monoisotopic (exact) mass is 687 g/mol. The van der Waals surface area contributed by atoms with E-state index < -0.39 is 17.4 Å². The zero-order valence-electron chi connectivity index (χ0n) is 26.3. The van der Waals surface area contributed by atoms with E-state index in [0.29, 0.717) is 30.8 Å². The van der Waals surface area contributed by atoms with Crippen molar-refractivity contribution in [3.63, 3.8) is 0 Å². The van der Waals surface area contributed by atoms with Crippen LogP contribution in [-0.2, 0) is 33.1 Å². The Morgan fingerprint density at radius 3 is 2.48 bits per heavy atom. The van der Waals surface area contributed by atoms with Gasteiger partial charge in [0.25, 0.3) is 5.91 Å². The average molecular weight is 689 g/mol. The lowest BCUT2D eigenvalue weighted by Gasteiger charge is -2.28. The number of benzene rings is 3. The number of amides is 3. The molecule has 0 saturated carbocycles. The summed E-state index contributed by atoms with van der Waals surface area (Å²) in [4.78, 5) is 44.9. The van der Waals surface area contributed by atoms with Crippen LogP contribution in [0, 0.1) is 5.92 Å². The van der Waals surface area contributed by atoms with E-state index in [-0.39, 0.29) is 37.9 Å². The number of fused-ring (bicyclic) bond motifs is 1. The van der Waals surface area contributed by atoms with Gasteiger partial charge in [0.15, 0.2) is 5.60 Å². The van der Waals surface area contributed by atoms with Crippen molar-refractivity contribution in [1.29, 1.82) is 0 Å². The van der Waals surface area contributed by atoms with Gasteiger partial charge < -0.3 is 24.9 Å². The molecule has 3 aromatic rings. The number of halogens is 1. The number of hydrogen-bond acceptors (Lipinski definition) is 5. The van der Waals surface area contributed by atoms with Crippen LogP contribution in [0.3, 0.4) is 0 Å². The highest BCUT2D eigenvalue weighted by molar-refractivity contribution is 9.10. The maximum absolute atomic E-state index is 14.0. The van der Waals surface area contributed by atoms with Crippen LogP contribution in [0.5, 0.6) is 0 Å². The molecule has 2 aliphatic heterocycles. The molecule has 0 aliphatic carbocycles. The third kappa shape index (κ3) is 7.43. The summed E-state index contributed by atoms with van der Waals surface area (Å²) in [5.41, 5.74) is 2.01. The molecule has 5 rings (SSSR count). The molecule has 2 N–H and O–H groups in total. The fraction of sp³-hybridized carbons (Fsp3) is 0.378. The van der Waals surface area contributed by atoms with Gasteiger partial charge in [-0.3, -0.25) is 14.4 Å². The second-order valence-corrected chi connectivity index (χ2v) is 13.1. The number of aliphatic hydroxyl groups is 2. The Balaban J connectivity index is 1.30. The molecule has 2 aliphatic rings. The number of anilines is 2. The highest BCUT2D eigenvalue weighted by Gasteiger charge is 2.52. The number of nitrogens with zero attached hydrogens (tertiary/aromatic N) is 3. The first-order chi connectivity index (χ1) is 22.2. The number of carbonyl (C=O) groups is 3. The van der Waals surface area contributed by atoms with Crippen LogP contribution >= 0.6 is 15.9 Å². The Morgan fingerprint density at radius 1 is 1.00 bits per heavy atom. The largest absolute Gasteiger partial charge is 0.395 e. The van der Waals surface area contributed by atoms with E-state index in [1.807, 2.05) is 71.6 Å². The minimum atomic E-state index is -1.83. The molecule has 3 amide bonds. The number of aliphatic hydroxyl groups excluding tert-OH is 1. The Labute approximate surface area is 279 Å². The molecule has 0 radical (unpaired) electrons. The molecule has 1 fully saturated rings. The maximum atomic E-state index is 14.0. The fourth-order valence-corrected chi connectivity index (χ4v) is 6.69. The molecule has 3 aromatic carbocycles. The first-order valence-electron chi connectivity index (χ1n) is 16.0. The zero-order valence-corrected chi connectivity index (χ0v) is 27.9. The van der Waals surface area contributed by atoms with E-state index in [1.54, 1.807) is 34.9 Å². The summed E-state index contributed by atoms with van der Waals surface area (Å²) in [7, 11) is 0. The summed E-state index contributed by atoms with van der Waals surface area (Å²) in [6, 6.07) is 22.8. The van der Waals surface area contributed by atoms with E-state index in [9.17, 15) is 24.6 Å². The molecule has 8 nitrogen and oxygen atoms in total. The summed E-state index contributed by atoms with van der Waals surface area (Å²) in [5, 5.41) is 21.6. The average Bonchev–Trinajstić information content (AvgIpc) is 3.25. The third-order valence-electron chi connectivity index (χ3n) is 8.96. The molecule has 2 heterocycles. The van der Waals surface area contributed by atoms with Crippen molar-refractivity contribution in [3.8, 4) is 0 Å². The SMILES string of the molecule is C[C@@H](/C=C/CC(=O)N(CCO)Cc1ccccc1)[C@]1(O)C(=O)N(Cc2ccc(N3CCCCCCC3=O)cc2)c2ccc(Br)cc21. The fourth-order valence-electron chi connectivity index (χ4n) is 6.33. The smallest absolute Gasteiger partial charge is 0.264 e. The summed E-state index contributed by atoms with van der Waals surface area (Å²) < 4.78 is 0.744. The molecule has 9 heteroatoms. The van der Waals surface area contributed by atoms with E-state index in [1.165, 1.54) is 0 Å². The van der Waals surface area contributed by atoms with Crippen LogP contribution < -0.4 is 9.80 Å². The standard InChI is InChI=1S/C37H42BrN3O5/c1-27(10-9-14-34(43)39(22-23-42)25-28-11-5-4-6-12-28)37(46)32-24-30(38)17-20-33(32)41(36(37)45)26-29-15-18-31(19-16-29)40-21-8-3-2-7-13-35(40)44/h4-6,9-12,15-20,24,27,42,46H,2-3,7-8,13-14,21-23,25-26H2,1H3/b10-9+/t27-,37+/m0/s1. The molecule has 1 saturated heterocycles. The lowest BCUT2D eigenvalue weighted by molar-refractivity contribution is -0.139. The van der Waals surface area contributed by atoms with Gasteiger partial charge in [0.2, 0.25) is 11.8 Å². The molecule has 0 bridgehead atoms. The van der Waals surface area contributed by atoms with Crippen molar-refractivity contribution in [2.45, 2.75) is 64.1 Å². The van der Waals surface area contributed by atoms with Crippen LogP contribution in [-0.4, -0.2) is 52.5 Å². The first kappa shape index (κ1) is 33.6. The second-order valence-electron chi connectivity index (χ2n) is 12.1. The zero-order chi connectivity index (χ0) is 32.7. The predicted octanol–water partition coefficient (Wildman–Crippen LogP) is 6.08. The van der Waals surface area contributed by atoms with Crippen LogP contribution in [0.25, 0.3) is 0 Å². The quantitative estimate of drug-likeness (QED) is 0.238. The molecule has 2 atom stereocenters. The van der Waals surface area contributed by atoms with E-state index in [4.69, 9.17) is 0 Å². The third-order valence-corrected chi connectivity index (χ3v) is 9.45. The topological polar surface area (TPSA) is 101 Å². The Kier molecular flexibility index (Phi) is 11.1. The summed E-state index contributed by atoms with van der Waals surface area (Å²) in [6.07, 6.45) is 8.17. The normalized spacial score (nSPS) is 19.2. The van der Waals surface area contributed by atoms with Gasteiger partial charge >= 0.3 is 0 Å². The molecule has 46 heavy (non-hydrogen) atoms. The molecule has 0 aromatic heterocycles.